The number of ketones is 1. The average molecular weight is 143 g/mol. The predicted octanol–water partition coefficient (Wildman–Crippen LogP) is 1.35. The van der Waals surface area contributed by atoms with Crippen molar-refractivity contribution < 1.29 is 4.79 Å². The van der Waals surface area contributed by atoms with Crippen molar-refractivity contribution in [1.29, 1.82) is 0 Å². The van der Waals surface area contributed by atoms with Crippen molar-refractivity contribution in [1.82, 2.24) is 5.32 Å². The second-order valence-electron chi connectivity index (χ2n) is 2.34. The predicted molar refractivity (Wildman–Crippen MR) is 43.1 cm³/mol. The first-order chi connectivity index (χ1) is 4.76. The largest absolute Gasteiger partial charge is 0.308 e. The van der Waals surface area contributed by atoms with Crippen LogP contribution in [0, 0.1) is 0 Å². The molecule has 0 fully saturated rings. The molecule has 60 valence electrons. The van der Waals surface area contributed by atoms with Gasteiger partial charge in [-0.1, -0.05) is 20.8 Å². The summed E-state index contributed by atoms with van der Waals surface area (Å²) in [6.07, 6.45) is 1.55. The van der Waals surface area contributed by atoms with Crippen molar-refractivity contribution in [3.8, 4) is 0 Å². The van der Waals surface area contributed by atoms with E-state index in [2.05, 4.69) is 5.32 Å². The molecule has 2 nitrogen and oxygen atoms in total. The topological polar surface area (TPSA) is 29.1 Å². The molecule has 0 aromatic carbocycles. The zero-order valence-electron chi connectivity index (χ0n) is 7.11. The van der Waals surface area contributed by atoms with Crippen molar-refractivity contribution >= 4 is 5.78 Å². The lowest BCUT2D eigenvalue weighted by atomic mass is 10.1. The average Bonchev–Trinajstić information content (AvgIpc) is 1.99. The molecule has 0 bridgehead atoms. The Bertz CT molecular complexity index is 101. The van der Waals surface area contributed by atoms with Gasteiger partial charge in [-0.05, 0) is 13.0 Å². The van der Waals surface area contributed by atoms with Crippen molar-refractivity contribution in [2.45, 2.75) is 39.7 Å². The molecule has 0 spiro atoms. The highest BCUT2D eigenvalue weighted by Gasteiger charge is 2.11. The summed E-state index contributed by atoms with van der Waals surface area (Å²) in [6.45, 7) is 6.83. The van der Waals surface area contributed by atoms with Gasteiger partial charge in [-0.2, -0.15) is 0 Å². The van der Waals surface area contributed by atoms with E-state index >= 15 is 0 Å². The highest BCUT2D eigenvalue weighted by Crippen LogP contribution is 1.95. The highest BCUT2D eigenvalue weighted by atomic mass is 16.1. The van der Waals surface area contributed by atoms with Crippen molar-refractivity contribution in [3.05, 3.63) is 0 Å². The van der Waals surface area contributed by atoms with Crippen molar-refractivity contribution in [2.75, 3.05) is 6.54 Å². The molecule has 0 radical (unpaired) electrons. The number of rotatable bonds is 5. The van der Waals surface area contributed by atoms with Crippen LogP contribution in [0.2, 0.25) is 0 Å². The first-order valence-corrected chi connectivity index (χ1v) is 4.02. The molecular formula is C8H17NO. The molecule has 1 unspecified atom stereocenters. The van der Waals surface area contributed by atoms with Gasteiger partial charge in [0.2, 0.25) is 0 Å². The van der Waals surface area contributed by atoms with Gasteiger partial charge in [0.15, 0.2) is 0 Å². The number of nitrogens with one attached hydrogen (secondary N) is 1. The molecule has 0 aromatic rings. The summed E-state index contributed by atoms with van der Waals surface area (Å²) in [5, 5.41) is 3.13. The van der Waals surface area contributed by atoms with Gasteiger partial charge in [-0.3, -0.25) is 4.79 Å². The minimum absolute atomic E-state index is 0.0926. The van der Waals surface area contributed by atoms with E-state index in [1.807, 2.05) is 20.8 Å². The fourth-order valence-electron chi connectivity index (χ4n) is 0.979. The molecule has 0 aliphatic heterocycles. The first-order valence-electron chi connectivity index (χ1n) is 4.02. The van der Waals surface area contributed by atoms with Crippen LogP contribution in [0.15, 0.2) is 0 Å². The number of carbonyl (C=O) groups excluding carboxylic acids is 1. The summed E-state index contributed by atoms with van der Waals surface area (Å²) in [4.78, 5) is 11.1. The zero-order chi connectivity index (χ0) is 7.98. The molecule has 0 heterocycles. The summed E-state index contributed by atoms with van der Waals surface area (Å²) < 4.78 is 0. The number of hydrogen-bond donors (Lipinski definition) is 1. The minimum Gasteiger partial charge on any atom is -0.308 e. The second kappa shape index (κ2) is 5.42. The lowest BCUT2D eigenvalue weighted by Gasteiger charge is -2.12. The van der Waals surface area contributed by atoms with Gasteiger partial charge in [0.05, 0.1) is 6.04 Å². The number of Topliss-reactive ketones (excluding diaryl/α,β-unsaturated/α-hetero) is 1. The molecule has 1 N–H and O–H groups in total. The van der Waals surface area contributed by atoms with Crippen LogP contribution < -0.4 is 5.32 Å². The van der Waals surface area contributed by atoms with E-state index in [-0.39, 0.29) is 6.04 Å². The van der Waals surface area contributed by atoms with Crippen LogP contribution in [-0.2, 0) is 4.79 Å². The molecule has 0 amide bonds. The van der Waals surface area contributed by atoms with E-state index in [1.165, 1.54) is 0 Å². The maximum Gasteiger partial charge on any atom is 0.149 e. The first kappa shape index (κ1) is 9.63. The normalized spacial score (nSPS) is 13.1. The lowest BCUT2D eigenvalue weighted by molar-refractivity contribution is -0.120. The van der Waals surface area contributed by atoms with E-state index in [9.17, 15) is 4.79 Å². The van der Waals surface area contributed by atoms with E-state index in [0.29, 0.717) is 12.2 Å². The molecule has 0 saturated carbocycles. The quantitative estimate of drug-likeness (QED) is 0.629. The van der Waals surface area contributed by atoms with Gasteiger partial charge < -0.3 is 5.32 Å². The molecular weight excluding hydrogens is 126 g/mol. The Kier molecular flexibility index (Phi) is 5.22. The maximum atomic E-state index is 11.1. The van der Waals surface area contributed by atoms with Crippen LogP contribution in [-0.4, -0.2) is 18.4 Å². The Morgan fingerprint density at radius 1 is 1.40 bits per heavy atom. The highest BCUT2D eigenvalue weighted by molar-refractivity contribution is 5.83. The Morgan fingerprint density at radius 2 is 2.00 bits per heavy atom. The van der Waals surface area contributed by atoms with Crippen LogP contribution in [0.4, 0.5) is 0 Å². The van der Waals surface area contributed by atoms with Crippen LogP contribution in [0.1, 0.15) is 33.6 Å². The monoisotopic (exact) mass is 143 g/mol. The molecule has 2 heteroatoms. The summed E-state index contributed by atoms with van der Waals surface area (Å²) in [7, 11) is 0. The summed E-state index contributed by atoms with van der Waals surface area (Å²) in [6, 6.07) is 0.0926. The third-order valence-corrected chi connectivity index (χ3v) is 1.60. The fourth-order valence-corrected chi connectivity index (χ4v) is 0.979. The molecule has 1 atom stereocenters. The molecule has 0 aliphatic carbocycles. The van der Waals surface area contributed by atoms with E-state index in [4.69, 9.17) is 0 Å². The Balaban J connectivity index is 3.68. The minimum atomic E-state index is 0.0926. The summed E-state index contributed by atoms with van der Waals surface area (Å²) in [5.74, 6) is 0.323. The Labute approximate surface area is 63.0 Å². The van der Waals surface area contributed by atoms with Gasteiger partial charge in [-0.15, -0.1) is 0 Å². The Morgan fingerprint density at radius 3 is 2.30 bits per heavy atom. The van der Waals surface area contributed by atoms with Crippen LogP contribution in [0.3, 0.4) is 0 Å². The summed E-state index contributed by atoms with van der Waals surface area (Å²) >= 11 is 0. The van der Waals surface area contributed by atoms with E-state index in [1.54, 1.807) is 0 Å². The number of hydrogen-bond acceptors (Lipinski definition) is 2. The number of likely N-dealkylation sites (N-methyl/N-ethyl adjacent to an activating group) is 1. The van der Waals surface area contributed by atoms with E-state index < -0.39 is 0 Å². The van der Waals surface area contributed by atoms with E-state index in [0.717, 1.165) is 13.0 Å². The second-order valence-corrected chi connectivity index (χ2v) is 2.34. The van der Waals surface area contributed by atoms with Crippen molar-refractivity contribution in [2.24, 2.45) is 0 Å². The Hall–Kier alpha value is -0.370. The third-order valence-electron chi connectivity index (χ3n) is 1.60. The smallest absolute Gasteiger partial charge is 0.149 e. The van der Waals surface area contributed by atoms with Crippen molar-refractivity contribution in [3.63, 3.8) is 0 Å². The standard InChI is InChI=1S/C8H17NO/c1-4-7(9-6-3)8(10)5-2/h7,9H,4-6H2,1-3H3. The van der Waals surface area contributed by atoms with Crippen LogP contribution >= 0.6 is 0 Å². The lowest BCUT2D eigenvalue weighted by Crippen LogP contribution is -2.35. The SMILES string of the molecule is CCNC(CC)C(=O)CC. The van der Waals surface area contributed by atoms with Gasteiger partial charge in [0.25, 0.3) is 0 Å². The number of carbonyl (C=O) groups is 1. The molecule has 0 rings (SSSR count). The molecule has 0 aromatic heterocycles. The van der Waals surface area contributed by atoms with Gasteiger partial charge in [0.1, 0.15) is 5.78 Å². The third kappa shape index (κ3) is 2.97. The van der Waals surface area contributed by atoms with Gasteiger partial charge in [0, 0.05) is 6.42 Å². The fraction of sp³-hybridized carbons (Fsp3) is 0.875. The molecule has 10 heavy (non-hydrogen) atoms. The zero-order valence-corrected chi connectivity index (χ0v) is 7.11. The van der Waals surface area contributed by atoms with Crippen LogP contribution in [0.25, 0.3) is 0 Å². The van der Waals surface area contributed by atoms with Gasteiger partial charge >= 0.3 is 0 Å². The molecule has 0 aliphatic rings. The summed E-state index contributed by atoms with van der Waals surface area (Å²) in [5.41, 5.74) is 0. The molecule has 0 saturated heterocycles. The maximum absolute atomic E-state index is 11.1. The van der Waals surface area contributed by atoms with Crippen LogP contribution in [0.5, 0.6) is 0 Å². The van der Waals surface area contributed by atoms with Gasteiger partial charge in [-0.25, -0.2) is 0 Å².